The van der Waals surface area contributed by atoms with E-state index in [-0.39, 0.29) is 0 Å². The van der Waals surface area contributed by atoms with E-state index in [9.17, 15) is 0 Å². The largest absolute Gasteiger partial charge is 0.493 e. The molecule has 0 saturated heterocycles. The van der Waals surface area contributed by atoms with Gasteiger partial charge in [-0.1, -0.05) is 25.4 Å². The second-order valence-electron chi connectivity index (χ2n) is 5.78. The maximum Gasteiger partial charge on any atom is 0.184 e. The van der Waals surface area contributed by atoms with E-state index < -0.39 is 0 Å². The lowest BCUT2D eigenvalue weighted by molar-refractivity contribution is 0.172. The molecule has 0 radical (unpaired) electrons. The van der Waals surface area contributed by atoms with Crippen LogP contribution in [0.4, 0.5) is 0 Å². The highest BCUT2D eigenvalue weighted by Gasteiger charge is 2.14. The van der Waals surface area contributed by atoms with Gasteiger partial charge in [-0.3, -0.25) is 0 Å². The van der Waals surface area contributed by atoms with Gasteiger partial charge in [0.05, 0.1) is 12.3 Å². The van der Waals surface area contributed by atoms with Gasteiger partial charge in [-0.15, -0.1) is 20.6 Å². The molecule has 1 aromatic carbocycles. The number of aromatic nitrogens is 1. The van der Waals surface area contributed by atoms with Gasteiger partial charge in [-0.25, -0.2) is 4.98 Å². The number of halogens is 1. The van der Waals surface area contributed by atoms with Crippen LogP contribution in [0, 0.1) is 5.92 Å². The molecule has 0 bridgehead atoms. The van der Waals surface area contributed by atoms with Gasteiger partial charge in [-0.05, 0) is 30.5 Å². The SMILES string of the molecule is COCCCOc1ccc(-c2nc(Cl)sc2CC(C)C)cc1P. The Kier molecular flexibility index (Phi) is 7.29. The summed E-state index contributed by atoms with van der Waals surface area (Å²) in [5, 5.41) is 1.03. The summed E-state index contributed by atoms with van der Waals surface area (Å²) in [5.74, 6) is 1.45. The van der Waals surface area contributed by atoms with Gasteiger partial charge in [-0.2, -0.15) is 0 Å². The molecule has 0 aliphatic carbocycles. The molecule has 0 saturated carbocycles. The molecule has 0 N–H and O–H groups in total. The molecule has 23 heavy (non-hydrogen) atoms. The van der Waals surface area contributed by atoms with Gasteiger partial charge in [0.2, 0.25) is 0 Å². The fourth-order valence-corrected chi connectivity index (χ4v) is 4.01. The third-order valence-electron chi connectivity index (χ3n) is 3.30. The van der Waals surface area contributed by atoms with Gasteiger partial charge in [0.25, 0.3) is 0 Å². The van der Waals surface area contributed by atoms with E-state index in [2.05, 4.69) is 40.2 Å². The summed E-state index contributed by atoms with van der Waals surface area (Å²) in [7, 11) is 4.44. The topological polar surface area (TPSA) is 31.4 Å². The second kappa shape index (κ2) is 8.98. The Balaban J connectivity index is 2.17. The molecule has 0 aliphatic heterocycles. The standard InChI is InChI=1S/C17H23ClNO2PS/c1-11(2)9-15-16(19-17(18)23-15)12-5-6-13(14(22)10-12)21-8-4-7-20-3/h5-6,10-11H,4,7-9,22H2,1-3H3. The first-order valence-electron chi connectivity index (χ1n) is 7.68. The van der Waals surface area contributed by atoms with Crippen LogP contribution in [0.3, 0.4) is 0 Å². The molecule has 0 amide bonds. The number of hydrogen-bond donors (Lipinski definition) is 0. The Labute approximate surface area is 149 Å². The molecule has 0 fully saturated rings. The summed E-state index contributed by atoms with van der Waals surface area (Å²) in [6, 6.07) is 6.14. The van der Waals surface area contributed by atoms with E-state index in [1.807, 2.05) is 6.07 Å². The lowest BCUT2D eigenvalue weighted by Crippen LogP contribution is -2.07. The van der Waals surface area contributed by atoms with E-state index in [1.165, 1.54) is 4.88 Å². The third-order valence-corrected chi connectivity index (χ3v) is 4.93. The summed E-state index contributed by atoms with van der Waals surface area (Å²) in [6.07, 6.45) is 1.86. The Morgan fingerprint density at radius 3 is 2.74 bits per heavy atom. The maximum atomic E-state index is 6.13. The van der Waals surface area contributed by atoms with Gasteiger partial charge in [0, 0.05) is 35.9 Å². The normalized spacial score (nSPS) is 11.2. The van der Waals surface area contributed by atoms with Gasteiger partial charge >= 0.3 is 0 Å². The van der Waals surface area contributed by atoms with Crippen molar-refractivity contribution in [2.45, 2.75) is 26.7 Å². The fourth-order valence-electron chi connectivity index (χ4n) is 2.27. The summed E-state index contributed by atoms with van der Waals surface area (Å²) >= 11 is 7.70. The van der Waals surface area contributed by atoms with E-state index in [0.29, 0.717) is 23.6 Å². The molecule has 1 aromatic heterocycles. The summed E-state index contributed by atoms with van der Waals surface area (Å²) < 4.78 is 11.4. The highest BCUT2D eigenvalue weighted by Crippen LogP contribution is 2.33. The van der Waals surface area contributed by atoms with E-state index in [1.54, 1.807) is 18.4 Å². The number of hydrogen-bond acceptors (Lipinski definition) is 4. The molecule has 126 valence electrons. The molecule has 2 rings (SSSR count). The van der Waals surface area contributed by atoms with Crippen LogP contribution < -0.4 is 10.0 Å². The van der Waals surface area contributed by atoms with Crippen LogP contribution in [-0.2, 0) is 11.2 Å². The summed E-state index contributed by atoms with van der Waals surface area (Å²) in [6.45, 7) is 5.76. The average Bonchev–Trinajstić information content (AvgIpc) is 2.84. The molecule has 6 heteroatoms. The van der Waals surface area contributed by atoms with Crippen molar-refractivity contribution in [2.75, 3.05) is 20.3 Å². The molecule has 2 aromatic rings. The lowest BCUT2D eigenvalue weighted by Gasteiger charge is -2.11. The summed E-state index contributed by atoms with van der Waals surface area (Å²) in [4.78, 5) is 5.75. The number of thiazole rings is 1. The number of rotatable bonds is 8. The van der Waals surface area contributed by atoms with Crippen LogP contribution in [0.25, 0.3) is 11.3 Å². The van der Waals surface area contributed by atoms with E-state index in [4.69, 9.17) is 21.1 Å². The van der Waals surface area contributed by atoms with Crippen molar-refractivity contribution in [1.82, 2.24) is 4.98 Å². The smallest absolute Gasteiger partial charge is 0.184 e. The first kappa shape index (κ1) is 18.7. The zero-order valence-corrected chi connectivity index (χ0v) is 16.5. The molecule has 0 spiro atoms. The van der Waals surface area contributed by atoms with E-state index in [0.717, 1.165) is 35.2 Å². The number of nitrogens with zero attached hydrogens (tertiary/aromatic N) is 1. The van der Waals surface area contributed by atoms with Crippen LogP contribution in [0.15, 0.2) is 18.2 Å². The van der Waals surface area contributed by atoms with Crippen molar-refractivity contribution < 1.29 is 9.47 Å². The maximum absolute atomic E-state index is 6.13. The molecule has 0 aliphatic rings. The highest BCUT2D eigenvalue weighted by molar-refractivity contribution is 7.27. The fraction of sp³-hybridized carbons (Fsp3) is 0.471. The number of ether oxygens (including phenoxy) is 2. The zero-order valence-electron chi connectivity index (χ0n) is 13.8. The van der Waals surface area contributed by atoms with Crippen LogP contribution in [0.1, 0.15) is 25.1 Å². The average molecular weight is 372 g/mol. The number of methoxy groups -OCH3 is 1. The molecular weight excluding hydrogens is 349 g/mol. The van der Waals surface area contributed by atoms with Crippen molar-refractivity contribution in [3.05, 3.63) is 27.5 Å². The van der Waals surface area contributed by atoms with Gasteiger partial charge < -0.3 is 9.47 Å². The van der Waals surface area contributed by atoms with Crippen molar-refractivity contribution in [1.29, 1.82) is 0 Å². The molecule has 3 nitrogen and oxygen atoms in total. The molecule has 1 atom stereocenters. The first-order valence-corrected chi connectivity index (χ1v) is 9.45. The Morgan fingerprint density at radius 1 is 1.30 bits per heavy atom. The van der Waals surface area contributed by atoms with Crippen molar-refractivity contribution in [3.8, 4) is 17.0 Å². The minimum Gasteiger partial charge on any atom is -0.493 e. The molecule has 1 heterocycles. The predicted octanol–water partition coefficient (Wildman–Crippen LogP) is 4.58. The second-order valence-corrected chi connectivity index (χ2v) is 8.07. The molecular formula is C17H23ClNO2PS. The Morgan fingerprint density at radius 2 is 2.09 bits per heavy atom. The Hall–Kier alpha value is -0.670. The van der Waals surface area contributed by atoms with Crippen molar-refractivity contribution in [3.63, 3.8) is 0 Å². The lowest BCUT2D eigenvalue weighted by atomic mass is 10.0. The monoisotopic (exact) mass is 371 g/mol. The molecule has 1 unspecified atom stereocenters. The van der Waals surface area contributed by atoms with Crippen LogP contribution in [0.5, 0.6) is 5.75 Å². The van der Waals surface area contributed by atoms with Crippen LogP contribution in [0.2, 0.25) is 4.47 Å². The zero-order chi connectivity index (χ0) is 16.8. The van der Waals surface area contributed by atoms with Crippen molar-refractivity contribution >= 4 is 37.5 Å². The van der Waals surface area contributed by atoms with Gasteiger partial charge in [0.15, 0.2) is 4.47 Å². The summed E-state index contributed by atoms with van der Waals surface area (Å²) in [5.41, 5.74) is 2.07. The van der Waals surface area contributed by atoms with E-state index >= 15 is 0 Å². The van der Waals surface area contributed by atoms with Crippen LogP contribution >= 0.6 is 32.2 Å². The predicted molar refractivity (Wildman–Crippen MR) is 102 cm³/mol. The first-order chi connectivity index (χ1) is 11.0. The third kappa shape index (κ3) is 5.42. The van der Waals surface area contributed by atoms with Gasteiger partial charge in [0.1, 0.15) is 5.75 Å². The number of benzene rings is 1. The highest BCUT2D eigenvalue weighted by atomic mass is 35.5. The van der Waals surface area contributed by atoms with Crippen molar-refractivity contribution in [2.24, 2.45) is 5.92 Å². The minimum absolute atomic E-state index is 0.573. The minimum atomic E-state index is 0.573. The van der Waals surface area contributed by atoms with Crippen LogP contribution in [-0.4, -0.2) is 25.3 Å². The Bertz CT molecular complexity index is 646. The quantitative estimate of drug-likeness (QED) is 0.503.